The van der Waals surface area contributed by atoms with Crippen molar-refractivity contribution in [1.82, 2.24) is 10.0 Å². The van der Waals surface area contributed by atoms with Gasteiger partial charge in [-0.05, 0) is 29.5 Å². The largest absolute Gasteiger partial charge is 0.377 e. The second-order valence-corrected chi connectivity index (χ2v) is 7.30. The second kappa shape index (κ2) is 5.81. The molecule has 20 heavy (non-hydrogen) atoms. The Morgan fingerprint density at radius 1 is 1.30 bits per heavy atom. The summed E-state index contributed by atoms with van der Waals surface area (Å²) >= 11 is 0. The summed E-state index contributed by atoms with van der Waals surface area (Å²) in [6.45, 7) is 2.80. The Morgan fingerprint density at radius 3 is 2.95 bits per heavy atom. The first-order valence-corrected chi connectivity index (χ1v) is 8.68. The van der Waals surface area contributed by atoms with Gasteiger partial charge >= 0.3 is 0 Å². The van der Waals surface area contributed by atoms with E-state index < -0.39 is 10.0 Å². The van der Waals surface area contributed by atoms with Crippen molar-refractivity contribution < 1.29 is 13.2 Å². The molecule has 0 aromatic heterocycles. The van der Waals surface area contributed by atoms with Gasteiger partial charge in [-0.1, -0.05) is 18.2 Å². The molecule has 2 heterocycles. The second-order valence-electron chi connectivity index (χ2n) is 5.44. The van der Waals surface area contributed by atoms with Gasteiger partial charge in [-0.15, -0.1) is 0 Å². The van der Waals surface area contributed by atoms with E-state index in [0.717, 1.165) is 31.5 Å². The highest BCUT2D eigenvalue weighted by atomic mass is 32.2. The van der Waals surface area contributed by atoms with Crippen molar-refractivity contribution in [2.75, 3.05) is 12.4 Å². The van der Waals surface area contributed by atoms with Crippen LogP contribution in [0.25, 0.3) is 0 Å². The Labute approximate surface area is 119 Å². The van der Waals surface area contributed by atoms with Gasteiger partial charge in [-0.2, -0.15) is 0 Å². The zero-order valence-electron chi connectivity index (χ0n) is 11.4. The first-order chi connectivity index (χ1) is 9.62. The van der Waals surface area contributed by atoms with Crippen molar-refractivity contribution in [3.8, 4) is 0 Å². The first-order valence-electron chi connectivity index (χ1n) is 7.03. The topological polar surface area (TPSA) is 67.4 Å². The van der Waals surface area contributed by atoms with E-state index in [-0.39, 0.29) is 11.9 Å². The number of sulfonamides is 1. The number of rotatable bonds is 5. The lowest BCUT2D eigenvalue weighted by atomic mass is 10.1. The van der Waals surface area contributed by atoms with Gasteiger partial charge in [0.1, 0.15) is 0 Å². The molecule has 2 N–H and O–H groups in total. The number of hydrogen-bond acceptors (Lipinski definition) is 4. The Bertz CT molecular complexity index is 580. The van der Waals surface area contributed by atoms with E-state index in [1.807, 2.05) is 6.07 Å². The summed E-state index contributed by atoms with van der Waals surface area (Å²) < 4.78 is 32.0. The summed E-state index contributed by atoms with van der Waals surface area (Å²) in [6, 6.07) is 6.13. The van der Waals surface area contributed by atoms with Gasteiger partial charge in [0.05, 0.1) is 11.9 Å². The Hall–Kier alpha value is -0.950. The van der Waals surface area contributed by atoms with Crippen LogP contribution < -0.4 is 10.0 Å². The number of hydrogen-bond donors (Lipinski definition) is 2. The third kappa shape index (κ3) is 3.38. The molecule has 2 aliphatic heterocycles. The van der Waals surface area contributed by atoms with Gasteiger partial charge in [0.2, 0.25) is 10.0 Å². The fraction of sp³-hybridized carbons (Fsp3) is 0.571. The third-order valence-corrected chi connectivity index (χ3v) is 5.22. The van der Waals surface area contributed by atoms with E-state index in [9.17, 15) is 8.42 Å². The van der Waals surface area contributed by atoms with E-state index in [2.05, 4.69) is 22.2 Å². The maximum Gasteiger partial charge on any atom is 0.214 e. The zero-order valence-corrected chi connectivity index (χ0v) is 12.2. The standard InChI is InChI=1S/C14H20N2O3S/c17-20(18,10-14-2-1-5-19-14)16-7-11-3-4-12-8-15-9-13(12)6-11/h3-4,6,14-16H,1-2,5,7-10H2. The van der Waals surface area contributed by atoms with Crippen LogP contribution in [0.5, 0.6) is 0 Å². The predicted molar refractivity (Wildman–Crippen MR) is 76.6 cm³/mol. The summed E-state index contributed by atoms with van der Waals surface area (Å²) in [4.78, 5) is 0. The zero-order chi connectivity index (χ0) is 14.0. The molecule has 0 amide bonds. The van der Waals surface area contributed by atoms with Crippen LogP contribution in [0, 0.1) is 0 Å². The maximum atomic E-state index is 12.0. The van der Waals surface area contributed by atoms with Crippen molar-refractivity contribution in [3.63, 3.8) is 0 Å². The van der Waals surface area contributed by atoms with Gasteiger partial charge in [-0.3, -0.25) is 0 Å². The van der Waals surface area contributed by atoms with E-state index in [1.54, 1.807) is 0 Å². The molecule has 0 aliphatic carbocycles. The molecule has 1 fully saturated rings. The lowest BCUT2D eigenvalue weighted by Crippen LogP contribution is -2.31. The monoisotopic (exact) mass is 296 g/mol. The summed E-state index contributed by atoms with van der Waals surface area (Å²) in [5.74, 6) is 0.0689. The van der Waals surface area contributed by atoms with Crippen molar-refractivity contribution in [2.24, 2.45) is 0 Å². The van der Waals surface area contributed by atoms with E-state index in [1.165, 1.54) is 11.1 Å². The van der Waals surface area contributed by atoms with Gasteiger partial charge in [-0.25, -0.2) is 13.1 Å². The predicted octanol–water partition coefficient (Wildman–Crippen LogP) is 0.888. The minimum atomic E-state index is -3.27. The molecular weight excluding hydrogens is 276 g/mol. The molecular formula is C14H20N2O3S. The lowest BCUT2D eigenvalue weighted by molar-refractivity contribution is 0.127. The Kier molecular flexibility index (Phi) is 4.07. The van der Waals surface area contributed by atoms with Crippen LogP contribution in [0.3, 0.4) is 0 Å². The molecule has 2 aliphatic rings. The fourth-order valence-electron chi connectivity index (χ4n) is 2.73. The molecule has 1 unspecified atom stereocenters. The van der Waals surface area contributed by atoms with Gasteiger partial charge in [0, 0.05) is 26.2 Å². The van der Waals surface area contributed by atoms with Crippen molar-refractivity contribution in [1.29, 1.82) is 0 Å². The molecule has 0 bridgehead atoms. The summed E-state index contributed by atoms with van der Waals surface area (Å²) in [5, 5.41) is 3.28. The number of benzene rings is 1. The molecule has 110 valence electrons. The maximum absolute atomic E-state index is 12.0. The highest BCUT2D eigenvalue weighted by molar-refractivity contribution is 7.89. The fourth-order valence-corrected chi connectivity index (χ4v) is 3.99. The smallest absolute Gasteiger partial charge is 0.214 e. The van der Waals surface area contributed by atoms with E-state index in [0.29, 0.717) is 13.2 Å². The van der Waals surface area contributed by atoms with Crippen LogP contribution in [-0.2, 0) is 34.4 Å². The quantitative estimate of drug-likeness (QED) is 0.847. The molecule has 0 spiro atoms. The van der Waals surface area contributed by atoms with Crippen LogP contribution in [0.15, 0.2) is 18.2 Å². The van der Waals surface area contributed by atoms with Crippen LogP contribution in [0.2, 0.25) is 0 Å². The minimum Gasteiger partial charge on any atom is -0.377 e. The molecule has 0 saturated carbocycles. The molecule has 1 aromatic rings. The molecule has 3 rings (SSSR count). The lowest BCUT2D eigenvalue weighted by Gasteiger charge is -2.11. The van der Waals surface area contributed by atoms with Crippen LogP contribution in [0.1, 0.15) is 29.5 Å². The van der Waals surface area contributed by atoms with Crippen LogP contribution in [-0.4, -0.2) is 26.9 Å². The minimum absolute atomic E-state index is 0.0689. The summed E-state index contributed by atoms with van der Waals surface area (Å²) in [5.41, 5.74) is 3.57. The molecule has 1 saturated heterocycles. The van der Waals surface area contributed by atoms with Crippen molar-refractivity contribution in [3.05, 3.63) is 34.9 Å². The van der Waals surface area contributed by atoms with E-state index >= 15 is 0 Å². The third-order valence-electron chi connectivity index (χ3n) is 3.83. The Balaban J connectivity index is 1.58. The molecule has 5 nitrogen and oxygen atoms in total. The molecule has 1 atom stereocenters. The Morgan fingerprint density at radius 2 is 2.15 bits per heavy atom. The average molecular weight is 296 g/mol. The number of ether oxygens (including phenoxy) is 1. The van der Waals surface area contributed by atoms with Crippen molar-refractivity contribution >= 4 is 10.0 Å². The highest BCUT2D eigenvalue weighted by Gasteiger charge is 2.23. The van der Waals surface area contributed by atoms with Crippen LogP contribution in [0.4, 0.5) is 0 Å². The average Bonchev–Trinajstić information content (AvgIpc) is 3.06. The van der Waals surface area contributed by atoms with Gasteiger partial charge in [0.25, 0.3) is 0 Å². The van der Waals surface area contributed by atoms with Crippen LogP contribution >= 0.6 is 0 Å². The van der Waals surface area contributed by atoms with Gasteiger partial charge < -0.3 is 10.1 Å². The first kappa shape index (κ1) is 14.0. The molecule has 0 radical (unpaired) electrons. The highest BCUT2D eigenvalue weighted by Crippen LogP contribution is 2.17. The van der Waals surface area contributed by atoms with Crippen molar-refractivity contribution in [2.45, 2.75) is 38.6 Å². The SMILES string of the molecule is O=S(=O)(CC1CCCO1)NCc1ccc2c(c1)CNC2. The summed E-state index contributed by atoms with van der Waals surface area (Å²) in [7, 11) is -3.27. The molecule has 6 heteroatoms. The number of nitrogens with one attached hydrogen (secondary N) is 2. The molecule has 1 aromatic carbocycles. The number of fused-ring (bicyclic) bond motifs is 1. The summed E-state index contributed by atoms with van der Waals surface area (Å²) in [6.07, 6.45) is 1.65. The normalized spacial score (nSPS) is 22.1. The van der Waals surface area contributed by atoms with E-state index in [4.69, 9.17) is 4.74 Å². The van der Waals surface area contributed by atoms with Gasteiger partial charge in [0.15, 0.2) is 0 Å².